The van der Waals surface area contributed by atoms with Crippen LogP contribution in [0.4, 0.5) is 0 Å². The van der Waals surface area contributed by atoms with E-state index in [1.54, 1.807) is 4.68 Å². The number of nitrogens with one attached hydrogen (secondary N) is 1. The van der Waals surface area contributed by atoms with E-state index in [0.717, 1.165) is 49.3 Å². The predicted octanol–water partition coefficient (Wildman–Crippen LogP) is 1.92. The van der Waals surface area contributed by atoms with Crippen molar-refractivity contribution in [2.75, 3.05) is 0 Å². The fraction of sp³-hybridized carbons (Fsp3) is 0.600. The van der Waals surface area contributed by atoms with Crippen LogP contribution in [0.2, 0.25) is 0 Å². The maximum absolute atomic E-state index is 11.0. The second-order valence-electron chi connectivity index (χ2n) is 5.88. The number of carbonyl (C=O) groups is 1. The molecular weight excluding hydrogens is 282 g/mol. The zero-order chi connectivity index (χ0) is 15.4. The molecule has 1 aliphatic carbocycles. The normalized spacial score (nSPS) is 15.5. The molecule has 0 bridgehead atoms. The molecule has 0 atom stereocenters. The molecule has 0 spiro atoms. The Kier molecular flexibility index (Phi) is 4.50. The first-order valence-electron chi connectivity index (χ1n) is 7.85. The molecule has 118 valence electrons. The third-order valence-electron chi connectivity index (χ3n) is 4.19. The van der Waals surface area contributed by atoms with Crippen LogP contribution in [0.3, 0.4) is 0 Å². The first-order valence-corrected chi connectivity index (χ1v) is 7.85. The van der Waals surface area contributed by atoms with Crippen LogP contribution in [0.25, 0.3) is 0 Å². The number of hydrogen-bond acceptors (Lipinski definition) is 4. The van der Waals surface area contributed by atoms with Crippen molar-refractivity contribution >= 4 is 5.97 Å². The predicted molar refractivity (Wildman–Crippen MR) is 79.5 cm³/mol. The van der Waals surface area contributed by atoms with Crippen LogP contribution >= 0.6 is 0 Å². The Morgan fingerprint density at radius 3 is 2.86 bits per heavy atom. The number of aromatic amines is 1. The molecule has 2 N–H and O–H groups in total. The van der Waals surface area contributed by atoms with E-state index in [2.05, 4.69) is 20.3 Å². The van der Waals surface area contributed by atoms with Crippen LogP contribution < -0.4 is 0 Å². The molecular formula is C15H21N5O2. The number of hydrogen-bond donors (Lipinski definition) is 2. The average molecular weight is 303 g/mol. The minimum absolute atomic E-state index is 0.110. The van der Waals surface area contributed by atoms with Crippen LogP contribution in [-0.4, -0.2) is 36.0 Å². The minimum Gasteiger partial charge on any atom is -0.480 e. The Morgan fingerprint density at radius 2 is 2.18 bits per heavy atom. The molecule has 3 rings (SSSR count). The third-order valence-corrected chi connectivity index (χ3v) is 4.19. The lowest BCUT2D eigenvalue weighted by Gasteiger charge is -2.02. The zero-order valence-electron chi connectivity index (χ0n) is 12.5. The highest BCUT2D eigenvalue weighted by Crippen LogP contribution is 2.32. The van der Waals surface area contributed by atoms with Gasteiger partial charge < -0.3 is 5.11 Å². The quantitative estimate of drug-likeness (QED) is 0.814. The maximum Gasteiger partial charge on any atom is 0.325 e. The van der Waals surface area contributed by atoms with Gasteiger partial charge in [-0.1, -0.05) is 12.8 Å². The number of aryl methyl sites for hydroxylation is 2. The average Bonchev–Trinajstić information content (AvgIpc) is 3.19. The third kappa shape index (κ3) is 3.52. The molecule has 2 aromatic heterocycles. The molecule has 0 aliphatic heterocycles. The Labute approximate surface area is 128 Å². The summed E-state index contributed by atoms with van der Waals surface area (Å²) in [6, 6.07) is 0. The lowest BCUT2D eigenvalue weighted by Crippen LogP contribution is -2.13. The fourth-order valence-corrected chi connectivity index (χ4v) is 3.06. The van der Waals surface area contributed by atoms with Crippen molar-refractivity contribution in [3.63, 3.8) is 0 Å². The summed E-state index contributed by atoms with van der Waals surface area (Å²) in [5.41, 5.74) is 1.15. The first-order chi connectivity index (χ1) is 10.7. The number of rotatable bonds is 7. The second kappa shape index (κ2) is 6.72. The number of carboxylic acids is 1. The minimum atomic E-state index is -0.876. The molecule has 1 fully saturated rings. The van der Waals surface area contributed by atoms with E-state index >= 15 is 0 Å². The molecule has 1 aliphatic rings. The van der Waals surface area contributed by atoms with Gasteiger partial charge in [0.15, 0.2) is 5.82 Å². The first kappa shape index (κ1) is 14.7. The van der Waals surface area contributed by atoms with Crippen LogP contribution in [0.5, 0.6) is 0 Å². The molecule has 1 saturated carbocycles. The monoisotopic (exact) mass is 303 g/mol. The standard InChI is InChI=1S/C15H21N5O2/c21-14(22)10-20-13(7-3-4-11-8-16-17-9-11)18-15(19-20)12-5-1-2-6-12/h8-9,12H,1-7,10H2,(H,16,17)(H,21,22). The van der Waals surface area contributed by atoms with Crippen molar-refractivity contribution in [3.8, 4) is 0 Å². The molecule has 0 aromatic carbocycles. The van der Waals surface area contributed by atoms with Gasteiger partial charge in [0.2, 0.25) is 0 Å². The molecule has 0 radical (unpaired) electrons. The lowest BCUT2D eigenvalue weighted by atomic mass is 10.1. The number of aromatic nitrogens is 5. The summed E-state index contributed by atoms with van der Waals surface area (Å²) in [5, 5.41) is 20.2. The Morgan fingerprint density at radius 1 is 1.36 bits per heavy atom. The van der Waals surface area contributed by atoms with Gasteiger partial charge in [-0.3, -0.25) is 9.89 Å². The Balaban J connectivity index is 1.67. The number of H-pyrrole nitrogens is 1. The van der Waals surface area contributed by atoms with Crippen molar-refractivity contribution in [1.82, 2.24) is 25.0 Å². The molecule has 2 aromatic rings. The number of aliphatic carboxylic acids is 1. The maximum atomic E-state index is 11.0. The van der Waals surface area contributed by atoms with E-state index in [1.807, 2.05) is 12.4 Å². The van der Waals surface area contributed by atoms with E-state index < -0.39 is 5.97 Å². The van der Waals surface area contributed by atoms with Crippen molar-refractivity contribution < 1.29 is 9.90 Å². The van der Waals surface area contributed by atoms with Gasteiger partial charge in [-0.2, -0.15) is 10.2 Å². The van der Waals surface area contributed by atoms with Gasteiger partial charge in [-0.15, -0.1) is 0 Å². The largest absolute Gasteiger partial charge is 0.480 e. The highest BCUT2D eigenvalue weighted by molar-refractivity contribution is 5.66. The summed E-state index contributed by atoms with van der Waals surface area (Å²) in [4.78, 5) is 15.6. The van der Waals surface area contributed by atoms with Crippen LogP contribution in [0.15, 0.2) is 12.4 Å². The van der Waals surface area contributed by atoms with E-state index in [9.17, 15) is 4.79 Å². The SMILES string of the molecule is O=C(O)Cn1nc(C2CCCC2)nc1CCCc1cn[nH]c1. The highest BCUT2D eigenvalue weighted by atomic mass is 16.4. The summed E-state index contributed by atoms with van der Waals surface area (Å²) >= 11 is 0. The topological polar surface area (TPSA) is 96.7 Å². The number of nitrogens with zero attached hydrogens (tertiary/aromatic N) is 4. The molecule has 22 heavy (non-hydrogen) atoms. The van der Waals surface area contributed by atoms with E-state index in [1.165, 1.54) is 12.8 Å². The van der Waals surface area contributed by atoms with Crippen molar-refractivity contribution in [2.24, 2.45) is 0 Å². The Bertz CT molecular complexity index is 614. The van der Waals surface area contributed by atoms with Crippen molar-refractivity contribution in [2.45, 2.75) is 57.4 Å². The van der Waals surface area contributed by atoms with Crippen LogP contribution in [0, 0.1) is 0 Å². The molecule has 7 nitrogen and oxygen atoms in total. The van der Waals surface area contributed by atoms with Gasteiger partial charge >= 0.3 is 5.97 Å². The lowest BCUT2D eigenvalue weighted by molar-refractivity contribution is -0.137. The van der Waals surface area contributed by atoms with Gasteiger partial charge in [0.05, 0.1) is 6.20 Å². The summed E-state index contributed by atoms with van der Waals surface area (Å²) in [6.07, 6.45) is 10.9. The van der Waals surface area contributed by atoms with Gasteiger partial charge in [0.25, 0.3) is 0 Å². The van der Waals surface area contributed by atoms with E-state index in [-0.39, 0.29) is 6.54 Å². The summed E-state index contributed by atoms with van der Waals surface area (Å²) in [5.74, 6) is 1.14. The summed E-state index contributed by atoms with van der Waals surface area (Å²) < 4.78 is 1.56. The molecule has 7 heteroatoms. The highest BCUT2D eigenvalue weighted by Gasteiger charge is 2.23. The van der Waals surface area contributed by atoms with Crippen LogP contribution in [0.1, 0.15) is 55.2 Å². The zero-order valence-corrected chi connectivity index (χ0v) is 12.5. The van der Waals surface area contributed by atoms with E-state index in [4.69, 9.17) is 5.11 Å². The molecule has 0 saturated heterocycles. The van der Waals surface area contributed by atoms with Gasteiger partial charge in [0, 0.05) is 18.5 Å². The van der Waals surface area contributed by atoms with Gasteiger partial charge in [0.1, 0.15) is 12.4 Å². The molecule has 2 heterocycles. The Hall–Kier alpha value is -2.18. The van der Waals surface area contributed by atoms with E-state index in [0.29, 0.717) is 5.92 Å². The summed E-state index contributed by atoms with van der Waals surface area (Å²) in [7, 11) is 0. The molecule has 0 unspecified atom stereocenters. The molecule has 0 amide bonds. The van der Waals surface area contributed by atoms with Crippen LogP contribution in [-0.2, 0) is 24.2 Å². The van der Waals surface area contributed by atoms with Gasteiger partial charge in [-0.25, -0.2) is 9.67 Å². The summed E-state index contributed by atoms with van der Waals surface area (Å²) in [6.45, 7) is -0.110. The smallest absolute Gasteiger partial charge is 0.325 e. The number of carboxylic acid groups (broad SMARTS) is 1. The fourth-order valence-electron chi connectivity index (χ4n) is 3.06. The van der Waals surface area contributed by atoms with Crippen molar-refractivity contribution in [3.05, 3.63) is 29.6 Å². The van der Waals surface area contributed by atoms with Gasteiger partial charge in [-0.05, 0) is 31.2 Å². The second-order valence-corrected chi connectivity index (χ2v) is 5.88. The van der Waals surface area contributed by atoms with Crippen molar-refractivity contribution in [1.29, 1.82) is 0 Å².